The van der Waals surface area contributed by atoms with Crippen molar-refractivity contribution in [1.82, 2.24) is 15.0 Å². The maximum Gasteiger partial charge on any atom is 0.184 e. The minimum Gasteiger partial charge on any atom is -0.325 e. The van der Waals surface area contributed by atoms with Gasteiger partial charge in [0.1, 0.15) is 5.69 Å². The van der Waals surface area contributed by atoms with E-state index in [1.54, 1.807) is 0 Å². The van der Waals surface area contributed by atoms with E-state index in [1.165, 1.54) is 10.9 Å². The van der Waals surface area contributed by atoms with E-state index in [1.807, 2.05) is 44.2 Å². The van der Waals surface area contributed by atoms with Crippen LogP contribution >= 0.6 is 0 Å². The number of rotatable bonds is 4. The van der Waals surface area contributed by atoms with E-state index in [4.69, 9.17) is 5.73 Å². The van der Waals surface area contributed by atoms with Gasteiger partial charge in [0.2, 0.25) is 0 Å². The van der Waals surface area contributed by atoms with E-state index in [0.29, 0.717) is 5.69 Å². The van der Waals surface area contributed by atoms with Gasteiger partial charge in [0, 0.05) is 12.0 Å². The lowest BCUT2D eigenvalue weighted by Crippen LogP contribution is -2.35. The third kappa shape index (κ3) is 2.81. The SMILES string of the molecule is CC(C)(N)CC(=O)c1cnnn1-c1ccccc1. The van der Waals surface area contributed by atoms with E-state index >= 15 is 0 Å². The Morgan fingerprint density at radius 2 is 2.00 bits per heavy atom. The number of benzene rings is 1. The number of hydrogen-bond donors (Lipinski definition) is 1. The monoisotopic (exact) mass is 244 g/mol. The van der Waals surface area contributed by atoms with E-state index in [2.05, 4.69) is 10.3 Å². The van der Waals surface area contributed by atoms with Crippen LogP contribution in [0, 0.1) is 0 Å². The summed E-state index contributed by atoms with van der Waals surface area (Å²) in [7, 11) is 0. The highest BCUT2D eigenvalue weighted by molar-refractivity contribution is 5.95. The average molecular weight is 244 g/mol. The molecule has 0 saturated heterocycles. The highest BCUT2D eigenvalue weighted by Crippen LogP contribution is 2.14. The Hall–Kier alpha value is -2.01. The van der Waals surface area contributed by atoms with Crippen LogP contribution in [0.25, 0.3) is 5.69 Å². The quantitative estimate of drug-likeness (QED) is 0.828. The zero-order chi connectivity index (χ0) is 13.2. The summed E-state index contributed by atoms with van der Waals surface area (Å²) in [5.41, 5.74) is 6.59. The van der Waals surface area contributed by atoms with Crippen LogP contribution in [0.4, 0.5) is 0 Å². The van der Waals surface area contributed by atoms with Crippen molar-refractivity contribution in [2.75, 3.05) is 0 Å². The molecule has 2 aromatic rings. The van der Waals surface area contributed by atoms with Gasteiger partial charge in [-0.15, -0.1) is 5.10 Å². The lowest BCUT2D eigenvalue weighted by Gasteiger charge is -2.17. The predicted octanol–water partition coefficient (Wildman–Crippen LogP) is 1.58. The Morgan fingerprint density at radius 1 is 1.33 bits per heavy atom. The average Bonchev–Trinajstić information content (AvgIpc) is 2.76. The highest BCUT2D eigenvalue weighted by Gasteiger charge is 2.21. The van der Waals surface area contributed by atoms with E-state index in [9.17, 15) is 4.79 Å². The normalized spacial score (nSPS) is 11.5. The van der Waals surface area contributed by atoms with Gasteiger partial charge in [-0.25, -0.2) is 4.68 Å². The Morgan fingerprint density at radius 3 is 2.61 bits per heavy atom. The molecule has 0 aliphatic heterocycles. The van der Waals surface area contributed by atoms with Crippen molar-refractivity contribution in [2.45, 2.75) is 25.8 Å². The van der Waals surface area contributed by atoms with Crippen molar-refractivity contribution < 1.29 is 4.79 Å². The fourth-order valence-corrected chi connectivity index (χ4v) is 1.69. The van der Waals surface area contributed by atoms with Crippen LogP contribution in [-0.2, 0) is 0 Å². The zero-order valence-corrected chi connectivity index (χ0v) is 10.5. The molecular formula is C13H16N4O. The smallest absolute Gasteiger partial charge is 0.184 e. The number of nitrogens with zero attached hydrogens (tertiary/aromatic N) is 3. The molecule has 0 unspecified atom stereocenters. The molecule has 0 spiro atoms. The summed E-state index contributed by atoms with van der Waals surface area (Å²) in [5.74, 6) is -0.0589. The van der Waals surface area contributed by atoms with Gasteiger partial charge in [0.15, 0.2) is 5.78 Å². The summed E-state index contributed by atoms with van der Waals surface area (Å²) in [6, 6.07) is 9.43. The summed E-state index contributed by atoms with van der Waals surface area (Å²) >= 11 is 0. The molecule has 0 aliphatic rings. The number of para-hydroxylation sites is 1. The lowest BCUT2D eigenvalue weighted by molar-refractivity contribution is 0.0952. The first kappa shape index (κ1) is 12.4. The second-order valence-electron chi connectivity index (χ2n) is 4.96. The fourth-order valence-electron chi connectivity index (χ4n) is 1.69. The minimum atomic E-state index is -0.539. The molecule has 0 radical (unpaired) electrons. The maximum atomic E-state index is 12.1. The summed E-state index contributed by atoms with van der Waals surface area (Å²) in [5, 5.41) is 7.74. The van der Waals surface area contributed by atoms with E-state index in [-0.39, 0.29) is 12.2 Å². The van der Waals surface area contributed by atoms with Crippen molar-refractivity contribution >= 4 is 5.78 Å². The number of hydrogen-bond acceptors (Lipinski definition) is 4. The molecule has 1 aromatic carbocycles. The molecule has 1 aromatic heterocycles. The summed E-state index contributed by atoms with van der Waals surface area (Å²) in [6.45, 7) is 3.64. The Balaban J connectivity index is 2.32. The van der Waals surface area contributed by atoms with Gasteiger partial charge in [-0.3, -0.25) is 4.79 Å². The van der Waals surface area contributed by atoms with Gasteiger partial charge in [-0.05, 0) is 26.0 Å². The number of nitrogens with two attached hydrogens (primary N) is 1. The topological polar surface area (TPSA) is 73.8 Å². The molecule has 2 rings (SSSR count). The molecule has 5 nitrogen and oxygen atoms in total. The molecule has 0 atom stereocenters. The first-order chi connectivity index (χ1) is 8.47. The lowest BCUT2D eigenvalue weighted by atomic mass is 9.98. The summed E-state index contributed by atoms with van der Waals surface area (Å²) in [4.78, 5) is 12.1. The van der Waals surface area contributed by atoms with Gasteiger partial charge in [-0.1, -0.05) is 23.4 Å². The van der Waals surface area contributed by atoms with E-state index in [0.717, 1.165) is 5.69 Å². The summed E-state index contributed by atoms with van der Waals surface area (Å²) in [6.07, 6.45) is 1.73. The van der Waals surface area contributed by atoms with Crippen LogP contribution in [0.3, 0.4) is 0 Å². The molecule has 0 fully saturated rings. The molecular weight excluding hydrogens is 228 g/mol. The fraction of sp³-hybridized carbons (Fsp3) is 0.308. The van der Waals surface area contributed by atoms with Crippen molar-refractivity contribution in [3.63, 3.8) is 0 Å². The largest absolute Gasteiger partial charge is 0.325 e. The van der Waals surface area contributed by atoms with Crippen LogP contribution in [-0.4, -0.2) is 26.3 Å². The second kappa shape index (κ2) is 4.70. The van der Waals surface area contributed by atoms with Crippen LogP contribution in [0.1, 0.15) is 30.8 Å². The molecule has 0 bridgehead atoms. The van der Waals surface area contributed by atoms with Crippen LogP contribution in [0.5, 0.6) is 0 Å². The first-order valence-electron chi connectivity index (χ1n) is 5.75. The zero-order valence-electron chi connectivity index (χ0n) is 10.5. The van der Waals surface area contributed by atoms with Crippen LogP contribution in [0.2, 0.25) is 0 Å². The third-order valence-electron chi connectivity index (χ3n) is 2.45. The van der Waals surface area contributed by atoms with Crippen molar-refractivity contribution in [1.29, 1.82) is 0 Å². The van der Waals surface area contributed by atoms with Crippen molar-refractivity contribution in [3.05, 3.63) is 42.2 Å². The van der Waals surface area contributed by atoms with Crippen LogP contribution in [0.15, 0.2) is 36.5 Å². The maximum absolute atomic E-state index is 12.1. The number of ketones is 1. The Labute approximate surface area is 106 Å². The Kier molecular flexibility index (Phi) is 3.25. The van der Waals surface area contributed by atoms with Gasteiger partial charge >= 0.3 is 0 Å². The number of carbonyl (C=O) groups excluding carboxylic acids is 1. The van der Waals surface area contributed by atoms with Gasteiger partial charge in [-0.2, -0.15) is 0 Å². The van der Waals surface area contributed by atoms with Gasteiger partial charge in [0.05, 0.1) is 11.9 Å². The second-order valence-corrected chi connectivity index (χ2v) is 4.96. The van der Waals surface area contributed by atoms with Gasteiger partial charge in [0.25, 0.3) is 0 Å². The first-order valence-corrected chi connectivity index (χ1v) is 5.75. The Bertz CT molecular complexity index is 540. The third-order valence-corrected chi connectivity index (χ3v) is 2.45. The number of aromatic nitrogens is 3. The standard InChI is InChI=1S/C13H16N4O/c1-13(2,14)8-12(18)11-9-15-16-17(11)10-6-4-3-5-7-10/h3-7,9H,8,14H2,1-2H3. The molecule has 0 amide bonds. The highest BCUT2D eigenvalue weighted by atomic mass is 16.1. The predicted molar refractivity (Wildman–Crippen MR) is 68.6 cm³/mol. The van der Waals surface area contributed by atoms with E-state index < -0.39 is 5.54 Å². The molecule has 2 N–H and O–H groups in total. The number of carbonyl (C=O) groups is 1. The molecule has 0 saturated carbocycles. The number of Topliss-reactive ketones (excluding diaryl/α,β-unsaturated/α-hetero) is 1. The molecule has 18 heavy (non-hydrogen) atoms. The molecule has 0 aliphatic carbocycles. The minimum absolute atomic E-state index is 0.0589. The molecule has 1 heterocycles. The van der Waals surface area contributed by atoms with Crippen molar-refractivity contribution in [3.8, 4) is 5.69 Å². The molecule has 5 heteroatoms. The van der Waals surface area contributed by atoms with Crippen LogP contribution < -0.4 is 5.73 Å². The summed E-state index contributed by atoms with van der Waals surface area (Å²) < 4.78 is 1.54. The van der Waals surface area contributed by atoms with Crippen molar-refractivity contribution in [2.24, 2.45) is 5.73 Å². The van der Waals surface area contributed by atoms with Gasteiger partial charge < -0.3 is 5.73 Å². The molecule has 94 valence electrons.